The Labute approximate surface area is 146 Å². The molecule has 1 aliphatic carbocycles. The fraction of sp³-hybridized carbons (Fsp3) is 0.789. The van der Waals surface area contributed by atoms with E-state index in [2.05, 4.69) is 31.2 Å². The van der Waals surface area contributed by atoms with Gasteiger partial charge in [0.25, 0.3) is 0 Å². The van der Waals surface area contributed by atoms with Crippen molar-refractivity contribution in [1.82, 2.24) is 15.1 Å². The topological polar surface area (TPSA) is 72.9 Å². The number of carbonyl (C=O) groups is 1. The Bertz CT molecular complexity index is 544. The van der Waals surface area contributed by atoms with Gasteiger partial charge in [0.1, 0.15) is 0 Å². The third-order valence-corrected chi connectivity index (χ3v) is 5.23. The molecule has 0 aliphatic heterocycles. The Hall–Kier alpha value is -1.36. The summed E-state index contributed by atoms with van der Waals surface area (Å²) in [5, 5.41) is 7.79. The van der Waals surface area contributed by atoms with Crippen LogP contribution in [0, 0.1) is 25.7 Å². The van der Waals surface area contributed by atoms with Gasteiger partial charge >= 0.3 is 0 Å². The number of hydrogen-bond donors (Lipinski definition) is 2. The lowest BCUT2D eigenvalue weighted by molar-refractivity contribution is -0.121. The zero-order valence-electron chi connectivity index (χ0n) is 15.8. The van der Waals surface area contributed by atoms with E-state index < -0.39 is 0 Å². The first-order valence-electron chi connectivity index (χ1n) is 9.44. The highest BCUT2D eigenvalue weighted by Crippen LogP contribution is 2.26. The fourth-order valence-corrected chi connectivity index (χ4v) is 3.84. The molecule has 0 radical (unpaired) electrons. The third-order valence-electron chi connectivity index (χ3n) is 5.23. The van der Waals surface area contributed by atoms with Gasteiger partial charge in [-0.2, -0.15) is 5.10 Å². The van der Waals surface area contributed by atoms with E-state index in [0.29, 0.717) is 24.8 Å². The van der Waals surface area contributed by atoms with Crippen LogP contribution in [-0.2, 0) is 17.8 Å². The van der Waals surface area contributed by atoms with Gasteiger partial charge in [-0.1, -0.05) is 33.1 Å². The highest BCUT2D eigenvalue weighted by Gasteiger charge is 2.25. The first-order valence-corrected chi connectivity index (χ1v) is 9.44. The van der Waals surface area contributed by atoms with Crippen molar-refractivity contribution in [2.45, 2.75) is 78.8 Å². The Morgan fingerprint density at radius 2 is 1.96 bits per heavy atom. The summed E-state index contributed by atoms with van der Waals surface area (Å²) in [7, 11) is 0. The van der Waals surface area contributed by atoms with E-state index >= 15 is 0 Å². The largest absolute Gasteiger partial charge is 0.352 e. The highest BCUT2D eigenvalue weighted by atomic mass is 16.1. The normalized spacial score (nSPS) is 17.2. The van der Waals surface area contributed by atoms with Gasteiger partial charge in [-0.25, -0.2) is 0 Å². The fourth-order valence-electron chi connectivity index (χ4n) is 3.84. The quantitative estimate of drug-likeness (QED) is 0.805. The summed E-state index contributed by atoms with van der Waals surface area (Å²) in [6.45, 7) is 9.83. The maximum absolute atomic E-state index is 12.6. The molecule has 1 fully saturated rings. The van der Waals surface area contributed by atoms with E-state index in [1.165, 1.54) is 32.1 Å². The van der Waals surface area contributed by atoms with E-state index in [9.17, 15) is 4.79 Å². The molecule has 1 aromatic heterocycles. The van der Waals surface area contributed by atoms with Gasteiger partial charge in [-0.15, -0.1) is 0 Å². The molecule has 136 valence electrons. The number of nitrogens with one attached hydrogen (secondary N) is 1. The molecule has 24 heavy (non-hydrogen) atoms. The number of nitrogens with two attached hydrogens (primary N) is 1. The van der Waals surface area contributed by atoms with Crippen molar-refractivity contribution in [3.8, 4) is 0 Å². The zero-order valence-corrected chi connectivity index (χ0v) is 15.8. The van der Waals surface area contributed by atoms with Gasteiger partial charge in [0.2, 0.25) is 5.91 Å². The van der Waals surface area contributed by atoms with E-state index in [0.717, 1.165) is 23.5 Å². The second-order valence-corrected chi connectivity index (χ2v) is 7.71. The first kappa shape index (κ1) is 19.0. The van der Waals surface area contributed by atoms with Crippen LogP contribution in [0.4, 0.5) is 0 Å². The molecule has 3 N–H and O–H groups in total. The molecule has 0 spiro atoms. The molecule has 1 atom stereocenters. The minimum atomic E-state index is 0.0753. The maximum Gasteiger partial charge on any atom is 0.224 e. The third kappa shape index (κ3) is 4.82. The van der Waals surface area contributed by atoms with Crippen LogP contribution in [0.15, 0.2) is 0 Å². The zero-order chi connectivity index (χ0) is 17.7. The summed E-state index contributed by atoms with van der Waals surface area (Å²) in [6.07, 6.45) is 6.61. The SMILES string of the molecule is Cc1nn(CC(C)C)c(C)c1CC(=O)NC(CN)C1CCCCC1. The molecule has 0 saturated heterocycles. The number of aromatic nitrogens is 2. The summed E-state index contributed by atoms with van der Waals surface area (Å²) in [5.41, 5.74) is 9.07. The lowest BCUT2D eigenvalue weighted by Crippen LogP contribution is -2.46. The van der Waals surface area contributed by atoms with E-state index in [1.807, 2.05) is 11.6 Å². The van der Waals surface area contributed by atoms with Crippen molar-refractivity contribution < 1.29 is 4.79 Å². The van der Waals surface area contributed by atoms with Crippen LogP contribution >= 0.6 is 0 Å². The molecule has 1 aliphatic rings. The number of nitrogens with zero attached hydrogens (tertiary/aromatic N) is 2. The van der Waals surface area contributed by atoms with Gasteiger partial charge in [-0.3, -0.25) is 9.48 Å². The van der Waals surface area contributed by atoms with Crippen molar-refractivity contribution in [2.75, 3.05) is 6.54 Å². The molecule has 1 saturated carbocycles. The van der Waals surface area contributed by atoms with Gasteiger partial charge in [0.05, 0.1) is 12.1 Å². The summed E-state index contributed by atoms with van der Waals surface area (Å²) in [6, 6.07) is 0.115. The lowest BCUT2D eigenvalue weighted by atomic mass is 9.84. The van der Waals surface area contributed by atoms with Crippen LogP contribution < -0.4 is 11.1 Å². The van der Waals surface area contributed by atoms with Crippen molar-refractivity contribution in [2.24, 2.45) is 17.6 Å². The average molecular weight is 335 g/mol. The van der Waals surface area contributed by atoms with Crippen molar-refractivity contribution >= 4 is 5.91 Å². The van der Waals surface area contributed by atoms with Gasteiger partial charge < -0.3 is 11.1 Å². The number of hydrogen-bond acceptors (Lipinski definition) is 3. The lowest BCUT2D eigenvalue weighted by Gasteiger charge is -2.30. The molecule has 1 amide bonds. The van der Waals surface area contributed by atoms with Crippen molar-refractivity contribution in [3.05, 3.63) is 17.0 Å². The van der Waals surface area contributed by atoms with Crippen LogP contribution in [0.25, 0.3) is 0 Å². The number of carbonyl (C=O) groups excluding carboxylic acids is 1. The Morgan fingerprint density at radius 3 is 2.54 bits per heavy atom. The second kappa shape index (κ2) is 8.65. The van der Waals surface area contributed by atoms with Crippen LogP contribution in [0.1, 0.15) is 62.9 Å². The van der Waals surface area contributed by atoms with Gasteiger partial charge in [-0.05, 0) is 38.5 Å². The smallest absolute Gasteiger partial charge is 0.224 e. The molecule has 5 nitrogen and oxygen atoms in total. The Morgan fingerprint density at radius 1 is 1.29 bits per heavy atom. The predicted molar refractivity (Wildman–Crippen MR) is 97.8 cm³/mol. The molecule has 1 aromatic rings. The first-order chi connectivity index (χ1) is 11.4. The molecule has 0 aromatic carbocycles. The van der Waals surface area contributed by atoms with Crippen LogP contribution in [0.3, 0.4) is 0 Å². The molecule has 0 bridgehead atoms. The van der Waals surface area contributed by atoms with Crippen LogP contribution in [0.5, 0.6) is 0 Å². The van der Waals surface area contributed by atoms with Crippen LogP contribution in [0.2, 0.25) is 0 Å². The minimum absolute atomic E-state index is 0.0753. The van der Waals surface area contributed by atoms with Crippen molar-refractivity contribution in [3.63, 3.8) is 0 Å². The summed E-state index contributed by atoms with van der Waals surface area (Å²) in [5.74, 6) is 1.16. The highest BCUT2D eigenvalue weighted by molar-refractivity contribution is 5.79. The maximum atomic E-state index is 12.6. The monoisotopic (exact) mass is 334 g/mol. The standard InChI is InChI=1S/C19H34N4O/c1-13(2)12-23-15(4)17(14(3)22-23)10-19(24)21-18(11-20)16-8-6-5-7-9-16/h13,16,18H,5-12,20H2,1-4H3,(H,21,24). The van der Waals surface area contributed by atoms with E-state index in [4.69, 9.17) is 5.73 Å². The summed E-state index contributed by atoms with van der Waals surface area (Å²) >= 11 is 0. The van der Waals surface area contributed by atoms with Gasteiger partial charge in [0, 0.05) is 30.4 Å². The Kier molecular flexibility index (Phi) is 6.84. The molecular formula is C19H34N4O. The summed E-state index contributed by atoms with van der Waals surface area (Å²) < 4.78 is 2.03. The molecule has 1 heterocycles. The average Bonchev–Trinajstić information content (AvgIpc) is 2.80. The number of aryl methyl sites for hydroxylation is 1. The molecule has 2 rings (SSSR count). The van der Waals surface area contributed by atoms with E-state index in [-0.39, 0.29) is 11.9 Å². The molecule has 5 heteroatoms. The number of rotatable bonds is 7. The predicted octanol–water partition coefficient (Wildman–Crippen LogP) is 2.72. The molecule has 1 unspecified atom stereocenters. The van der Waals surface area contributed by atoms with Crippen molar-refractivity contribution in [1.29, 1.82) is 0 Å². The van der Waals surface area contributed by atoms with E-state index in [1.54, 1.807) is 0 Å². The minimum Gasteiger partial charge on any atom is -0.352 e. The van der Waals surface area contributed by atoms with Crippen LogP contribution in [-0.4, -0.2) is 28.3 Å². The molecular weight excluding hydrogens is 300 g/mol. The van der Waals surface area contributed by atoms with Gasteiger partial charge in [0.15, 0.2) is 0 Å². The summed E-state index contributed by atoms with van der Waals surface area (Å²) in [4.78, 5) is 12.6. The Balaban J connectivity index is 1.99. The second-order valence-electron chi connectivity index (χ2n) is 7.71. The number of amides is 1.